The van der Waals surface area contributed by atoms with Crippen LogP contribution in [0.3, 0.4) is 0 Å². The molecule has 1 fully saturated rings. The fraction of sp³-hybridized carbons (Fsp3) is 0.308. The van der Waals surface area contributed by atoms with Crippen molar-refractivity contribution in [2.45, 2.75) is 44.2 Å². The van der Waals surface area contributed by atoms with Gasteiger partial charge in [0.2, 0.25) is 5.91 Å². The summed E-state index contributed by atoms with van der Waals surface area (Å²) in [5.74, 6) is -1.34. The summed E-state index contributed by atoms with van der Waals surface area (Å²) in [6.45, 7) is 2.06. The molecule has 5 rings (SSSR count). The van der Waals surface area contributed by atoms with E-state index in [0.717, 1.165) is 11.1 Å². The molecule has 35 heavy (non-hydrogen) atoms. The molecular weight excluding hydrogens is 466 g/mol. The standard InChI is InChI=1S/C26H25N3O5S/c1-15-23(24(31)32)28-22(35-15)13-27-21(30)12-26(10-11-26)29-25(33)34-14-20-18-8-4-2-6-16(18)17-7-3-5-9-19(17)20/h2-9,20H,10-14H2,1H3,(H,27,30)(H,29,33)(H,31,32). The average molecular weight is 492 g/mol. The average Bonchev–Trinajstić information content (AvgIpc) is 3.34. The van der Waals surface area contributed by atoms with Gasteiger partial charge in [-0.1, -0.05) is 48.5 Å². The Morgan fingerprint density at radius 1 is 1.09 bits per heavy atom. The van der Waals surface area contributed by atoms with Gasteiger partial charge in [0.1, 0.15) is 11.6 Å². The summed E-state index contributed by atoms with van der Waals surface area (Å²) in [6.07, 6.45) is 1.00. The number of hydrogen-bond acceptors (Lipinski definition) is 6. The van der Waals surface area contributed by atoms with Crippen LogP contribution < -0.4 is 10.6 Å². The summed E-state index contributed by atoms with van der Waals surface area (Å²) in [5.41, 5.74) is 4.03. The fourth-order valence-corrected chi connectivity index (χ4v) is 5.48. The molecule has 0 aliphatic heterocycles. The number of benzene rings is 2. The molecule has 0 saturated heterocycles. The van der Waals surface area contributed by atoms with Crippen LogP contribution in [0.5, 0.6) is 0 Å². The lowest BCUT2D eigenvalue weighted by molar-refractivity contribution is -0.121. The quantitative estimate of drug-likeness (QED) is 0.434. The van der Waals surface area contributed by atoms with E-state index in [9.17, 15) is 14.4 Å². The summed E-state index contributed by atoms with van der Waals surface area (Å²) in [5, 5.41) is 15.3. The van der Waals surface area contributed by atoms with Crippen LogP contribution in [-0.2, 0) is 16.1 Å². The Morgan fingerprint density at radius 2 is 1.71 bits per heavy atom. The predicted molar refractivity (Wildman–Crippen MR) is 130 cm³/mol. The Kier molecular flexibility index (Phi) is 6.02. The molecule has 1 aromatic heterocycles. The number of carbonyl (C=O) groups excluding carboxylic acids is 2. The largest absolute Gasteiger partial charge is 0.476 e. The molecule has 1 saturated carbocycles. The first-order valence-corrected chi connectivity index (χ1v) is 12.3. The highest BCUT2D eigenvalue weighted by Crippen LogP contribution is 2.44. The number of aromatic carboxylic acids is 1. The van der Waals surface area contributed by atoms with E-state index in [-0.39, 0.29) is 37.1 Å². The van der Waals surface area contributed by atoms with Crippen molar-refractivity contribution in [3.8, 4) is 11.1 Å². The van der Waals surface area contributed by atoms with Crippen LogP contribution in [0.4, 0.5) is 4.79 Å². The second-order valence-corrected chi connectivity index (χ2v) is 10.3. The van der Waals surface area contributed by atoms with Crippen LogP contribution in [0, 0.1) is 6.92 Å². The number of carboxylic acids is 1. The van der Waals surface area contributed by atoms with Crippen LogP contribution in [0.15, 0.2) is 48.5 Å². The van der Waals surface area contributed by atoms with Crippen molar-refractivity contribution in [2.24, 2.45) is 0 Å². The maximum Gasteiger partial charge on any atom is 0.407 e. The molecule has 180 valence electrons. The summed E-state index contributed by atoms with van der Waals surface area (Å²) in [4.78, 5) is 40.9. The monoisotopic (exact) mass is 491 g/mol. The van der Waals surface area contributed by atoms with E-state index >= 15 is 0 Å². The van der Waals surface area contributed by atoms with Crippen LogP contribution in [-0.4, -0.2) is 40.2 Å². The second kappa shape index (κ2) is 9.14. The molecule has 2 aliphatic carbocycles. The van der Waals surface area contributed by atoms with Crippen molar-refractivity contribution in [3.05, 3.63) is 75.2 Å². The number of nitrogens with one attached hydrogen (secondary N) is 2. The number of rotatable bonds is 8. The van der Waals surface area contributed by atoms with Gasteiger partial charge in [-0.05, 0) is 42.0 Å². The number of carboxylic acid groups (broad SMARTS) is 1. The first kappa shape index (κ1) is 23.0. The first-order chi connectivity index (χ1) is 16.8. The van der Waals surface area contributed by atoms with Gasteiger partial charge in [-0.15, -0.1) is 11.3 Å². The van der Waals surface area contributed by atoms with Gasteiger partial charge in [0.25, 0.3) is 0 Å². The number of fused-ring (bicyclic) bond motifs is 3. The minimum absolute atomic E-state index is 0.00911. The molecule has 8 nitrogen and oxygen atoms in total. The molecule has 3 N–H and O–H groups in total. The summed E-state index contributed by atoms with van der Waals surface area (Å²) in [7, 11) is 0. The third-order valence-electron chi connectivity index (χ3n) is 6.54. The highest BCUT2D eigenvalue weighted by molar-refractivity contribution is 7.11. The highest BCUT2D eigenvalue weighted by atomic mass is 32.1. The topological polar surface area (TPSA) is 118 Å². The van der Waals surface area contributed by atoms with Crippen molar-refractivity contribution < 1.29 is 24.2 Å². The third kappa shape index (κ3) is 4.77. The fourth-order valence-electron chi connectivity index (χ4n) is 4.62. The zero-order valence-electron chi connectivity index (χ0n) is 19.2. The Hall–Kier alpha value is -3.72. The maximum atomic E-state index is 12.6. The Labute approximate surface area is 206 Å². The van der Waals surface area contributed by atoms with E-state index in [0.29, 0.717) is 22.7 Å². The molecule has 0 radical (unpaired) electrons. The number of carbonyl (C=O) groups is 3. The second-order valence-electron chi connectivity index (χ2n) is 9.00. The Bertz CT molecular complexity index is 1270. The molecule has 9 heteroatoms. The van der Waals surface area contributed by atoms with E-state index in [1.165, 1.54) is 22.5 Å². The zero-order chi connectivity index (χ0) is 24.6. The molecule has 0 spiro atoms. The van der Waals surface area contributed by atoms with Gasteiger partial charge in [0, 0.05) is 17.2 Å². The van der Waals surface area contributed by atoms with Crippen molar-refractivity contribution in [1.29, 1.82) is 0 Å². The van der Waals surface area contributed by atoms with Gasteiger partial charge in [0.05, 0.1) is 12.1 Å². The van der Waals surface area contributed by atoms with Gasteiger partial charge >= 0.3 is 12.1 Å². The number of nitrogens with zero attached hydrogens (tertiary/aromatic N) is 1. The number of amides is 2. The molecule has 3 aromatic rings. The number of ether oxygens (including phenoxy) is 1. The molecule has 0 unspecified atom stereocenters. The molecular formula is C26H25N3O5S. The number of thiazole rings is 1. The highest BCUT2D eigenvalue weighted by Gasteiger charge is 2.46. The molecule has 1 heterocycles. The Balaban J connectivity index is 1.14. The van der Waals surface area contributed by atoms with E-state index in [4.69, 9.17) is 9.84 Å². The van der Waals surface area contributed by atoms with Gasteiger partial charge in [0.15, 0.2) is 5.69 Å². The number of hydrogen-bond donors (Lipinski definition) is 3. The van der Waals surface area contributed by atoms with E-state index < -0.39 is 17.6 Å². The minimum atomic E-state index is -1.08. The molecule has 2 aromatic carbocycles. The summed E-state index contributed by atoms with van der Waals surface area (Å²) >= 11 is 1.24. The van der Waals surface area contributed by atoms with Crippen molar-refractivity contribution >= 4 is 29.3 Å². The summed E-state index contributed by atoms with van der Waals surface area (Å²) in [6, 6.07) is 16.3. The molecule has 0 atom stereocenters. The van der Waals surface area contributed by atoms with Crippen LogP contribution >= 0.6 is 11.3 Å². The van der Waals surface area contributed by atoms with Crippen LogP contribution in [0.2, 0.25) is 0 Å². The molecule has 2 amide bonds. The Morgan fingerprint density at radius 3 is 2.29 bits per heavy atom. The molecule has 0 bridgehead atoms. The van der Waals surface area contributed by atoms with Crippen molar-refractivity contribution in [2.75, 3.05) is 6.61 Å². The number of alkyl carbamates (subject to hydrolysis) is 1. The van der Waals surface area contributed by atoms with Crippen LogP contribution in [0.1, 0.15) is 56.7 Å². The maximum absolute atomic E-state index is 12.6. The smallest absolute Gasteiger partial charge is 0.407 e. The van der Waals surface area contributed by atoms with Gasteiger partial charge in [-0.3, -0.25) is 4.79 Å². The normalized spacial score (nSPS) is 15.1. The minimum Gasteiger partial charge on any atom is -0.476 e. The first-order valence-electron chi connectivity index (χ1n) is 11.4. The van der Waals surface area contributed by atoms with E-state index in [1.807, 2.05) is 24.3 Å². The lowest BCUT2D eigenvalue weighted by Gasteiger charge is -2.19. The van der Waals surface area contributed by atoms with E-state index in [2.05, 4.69) is 39.9 Å². The lowest BCUT2D eigenvalue weighted by atomic mass is 9.98. The van der Waals surface area contributed by atoms with Crippen molar-refractivity contribution in [1.82, 2.24) is 15.6 Å². The van der Waals surface area contributed by atoms with Crippen LogP contribution in [0.25, 0.3) is 11.1 Å². The number of aromatic nitrogens is 1. The van der Waals surface area contributed by atoms with Crippen molar-refractivity contribution in [3.63, 3.8) is 0 Å². The van der Waals surface area contributed by atoms with Gasteiger partial charge in [-0.2, -0.15) is 0 Å². The van der Waals surface area contributed by atoms with Gasteiger partial charge < -0.3 is 20.5 Å². The SMILES string of the molecule is Cc1sc(CNC(=O)CC2(NC(=O)OCC3c4ccccc4-c4ccccc43)CC2)nc1C(=O)O. The van der Waals surface area contributed by atoms with Gasteiger partial charge in [-0.25, -0.2) is 14.6 Å². The predicted octanol–water partition coefficient (Wildman–Crippen LogP) is 4.23. The number of aryl methyl sites for hydroxylation is 1. The zero-order valence-corrected chi connectivity index (χ0v) is 20.0. The van der Waals surface area contributed by atoms with E-state index in [1.54, 1.807) is 6.92 Å². The molecule has 2 aliphatic rings. The summed E-state index contributed by atoms with van der Waals surface area (Å²) < 4.78 is 5.62. The lowest BCUT2D eigenvalue weighted by Crippen LogP contribution is -2.41. The third-order valence-corrected chi connectivity index (χ3v) is 7.51.